The molecule has 0 atom stereocenters. The molecule has 3 heterocycles. The first kappa shape index (κ1) is 31.1. The molecule has 0 spiro atoms. The zero-order valence-corrected chi connectivity index (χ0v) is 29.8. The smallest absolute Gasteiger partial charge is 0.160 e. The van der Waals surface area contributed by atoms with Crippen molar-refractivity contribution in [1.29, 1.82) is 0 Å². The number of nitrogens with zero attached hydrogens (tertiary/aromatic N) is 4. The fourth-order valence-corrected chi connectivity index (χ4v) is 8.23. The molecule has 11 rings (SSSR count). The number of fused-ring (bicyclic) bond motifs is 7. The first-order chi connectivity index (χ1) is 27.3. The molecule has 3 aromatic heterocycles. The lowest BCUT2D eigenvalue weighted by molar-refractivity contribution is 1.19. The molecule has 4 nitrogen and oxygen atoms in total. The third kappa shape index (κ3) is 5.19. The van der Waals surface area contributed by atoms with Gasteiger partial charge in [0.25, 0.3) is 0 Å². The molecule has 0 unspecified atom stereocenters. The van der Waals surface area contributed by atoms with E-state index >= 15 is 0 Å². The van der Waals surface area contributed by atoms with Gasteiger partial charge >= 0.3 is 0 Å². The second kappa shape index (κ2) is 12.6. The second-order valence-electron chi connectivity index (χ2n) is 14.0. The van der Waals surface area contributed by atoms with Gasteiger partial charge in [-0.2, -0.15) is 0 Å². The topological polar surface area (TPSA) is 43.1 Å². The predicted molar refractivity (Wildman–Crippen MR) is 228 cm³/mol. The van der Waals surface area contributed by atoms with E-state index in [9.17, 15) is 0 Å². The summed E-state index contributed by atoms with van der Waals surface area (Å²) in [7, 11) is 0. The van der Waals surface area contributed by atoms with Gasteiger partial charge in [0.15, 0.2) is 5.82 Å². The summed E-state index contributed by atoms with van der Waals surface area (Å²) in [5.74, 6) is 0.673. The van der Waals surface area contributed by atoms with Crippen LogP contribution in [-0.2, 0) is 0 Å². The number of benzene rings is 8. The normalized spacial score (nSPS) is 11.6. The van der Waals surface area contributed by atoms with Crippen LogP contribution in [0, 0.1) is 0 Å². The molecule has 0 bridgehead atoms. The second-order valence-corrected chi connectivity index (χ2v) is 14.0. The summed E-state index contributed by atoms with van der Waals surface area (Å²) >= 11 is 0. The quantitative estimate of drug-likeness (QED) is 0.168. The minimum absolute atomic E-state index is 0.673. The molecule has 0 saturated carbocycles. The summed E-state index contributed by atoms with van der Waals surface area (Å²) in [6.45, 7) is 0. The van der Waals surface area contributed by atoms with E-state index in [4.69, 9.17) is 15.0 Å². The fourth-order valence-electron chi connectivity index (χ4n) is 8.23. The van der Waals surface area contributed by atoms with Crippen molar-refractivity contribution in [2.75, 3.05) is 0 Å². The van der Waals surface area contributed by atoms with Crippen LogP contribution in [0.2, 0.25) is 0 Å². The molecule has 0 fully saturated rings. The summed E-state index contributed by atoms with van der Waals surface area (Å²) in [5.41, 5.74) is 9.93. The Morgan fingerprint density at radius 3 is 1.44 bits per heavy atom. The average molecular weight is 701 g/mol. The average Bonchev–Trinajstić information content (AvgIpc) is 3.66. The standard InChI is InChI=1S/C51H32N4/c1-2-14-34(15-3-1)50-49(54-48-24-12-13-29-55(48)50)33-25-27-35(28-26-33)51-52-46(44-30-36-16-4-6-18-38(36)40-20-8-10-22-42(40)44)32-47(53-51)45-31-37-17-5-7-19-39(37)41-21-9-11-23-43(41)45/h1-32H. The number of imidazole rings is 1. The lowest BCUT2D eigenvalue weighted by Gasteiger charge is -2.15. The van der Waals surface area contributed by atoms with Crippen LogP contribution >= 0.6 is 0 Å². The molecule has 4 heteroatoms. The Morgan fingerprint density at radius 1 is 0.345 bits per heavy atom. The van der Waals surface area contributed by atoms with Gasteiger partial charge in [0, 0.05) is 34.0 Å². The van der Waals surface area contributed by atoms with Crippen molar-refractivity contribution >= 4 is 48.7 Å². The van der Waals surface area contributed by atoms with Gasteiger partial charge in [0.2, 0.25) is 0 Å². The molecule has 11 aromatic rings. The highest BCUT2D eigenvalue weighted by Crippen LogP contribution is 2.40. The van der Waals surface area contributed by atoms with Gasteiger partial charge in [-0.25, -0.2) is 15.0 Å². The van der Waals surface area contributed by atoms with Gasteiger partial charge < -0.3 is 0 Å². The van der Waals surface area contributed by atoms with Crippen molar-refractivity contribution in [3.63, 3.8) is 0 Å². The predicted octanol–water partition coefficient (Wildman–Crippen LogP) is 13.1. The van der Waals surface area contributed by atoms with E-state index < -0.39 is 0 Å². The van der Waals surface area contributed by atoms with Crippen LogP contribution in [0.25, 0.3) is 105 Å². The van der Waals surface area contributed by atoms with E-state index in [0.717, 1.165) is 67.0 Å². The SMILES string of the molecule is c1ccc(-c2c(-c3ccc(-c4nc(-c5cc6ccccc6c6ccccc56)cc(-c5cc6ccccc6c6ccccc56)n4)cc3)nc3ccccn23)cc1. The van der Waals surface area contributed by atoms with Crippen LogP contribution < -0.4 is 0 Å². The first-order valence-electron chi connectivity index (χ1n) is 18.6. The molecule has 0 radical (unpaired) electrons. The molecule has 55 heavy (non-hydrogen) atoms. The number of pyridine rings is 1. The van der Waals surface area contributed by atoms with Crippen molar-refractivity contribution in [3.05, 3.63) is 194 Å². The molecule has 0 aliphatic rings. The van der Waals surface area contributed by atoms with E-state index in [1.165, 1.54) is 32.3 Å². The minimum atomic E-state index is 0.673. The number of hydrogen-bond acceptors (Lipinski definition) is 3. The van der Waals surface area contributed by atoms with Gasteiger partial charge in [-0.15, -0.1) is 0 Å². The summed E-state index contributed by atoms with van der Waals surface area (Å²) < 4.78 is 2.17. The fraction of sp³-hybridized carbons (Fsp3) is 0. The molecular formula is C51H32N4. The minimum Gasteiger partial charge on any atom is -0.299 e. The number of hydrogen-bond donors (Lipinski definition) is 0. The highest BCUT2D eigenvalue weighted by molar-refractivity contribution is 6.15. The van der Waals surface area contributed by atoms with Crippen LogP contribution in [0.3, 0.4) is 0 Å². The Kier molecular flexibility index (Phi) is 7.14. The largest absolute Gasteiger partial charge is 0.299 e. The van der Waals surface area contributed by atoms with Crippen LogP contribution in [0.1, 0.15) is 0 Å². The van der Waals surface area contributed by atoms with Gasteiger partial charge in [-0.1, -0.05) is 158 Å². The van der Waals surface area contributed by atoms with E-state index in [1.807, 2.05) is 18.2 Å². The third-order valence-electron chi connectivity index (χ3n) is 10.8. The Hall–Kier alpha value is -7.43. The monoisotopic (exact) mass is 700 g/mol. The molecule has 0 amide bonds. The van der Waals surface area contributed by atoms with Crippen molar-refractivity contribution in [3.8, 4) is 56.4 Å². The molecular weight excluding hydrogens is 669 g/mol. The summed E-state index contributed by atoms with van der Waals surface area (Å²) in [4.78, 5) is 15.8. The van der Waals surface area contributed by atoms with Gasteiger partial charge in [-0.05, 0) is 73.4 Å². The summed E-state index contributed by atoms with van der Waals surface area (Å²) in [5, 5.41) is 9.56. The molecule has 0 aliphatic carbocycles. The lowest BCUT2D eigenvalue weighted by Crippen LogP contribution is -1.97. The summed E-state index contributed by atoms with van der Waals surface area (Å²) in [6.07, 6.45) is 2.08. The Morgan fingerprint density at radius 2 is 0.836 bits per heavy atom. The Bertz CT molecular complexity index is 3120. The van der Waals surface area contributed by atoms with Crippen LogP contribution in [0.15, 0.2) is 194 Å². The van der Waals surface area contributed by atoms with E-state index in [-0.39, 0.29) is 0 Å². The highest BCUT2D eigenvalue weighted by atomic mass is 15.0. The Balaban J connectivity index is 1.14. The molecule has 0 N–H and O–H groups in total. The first-order valence-corrected chi connectivity index (χ1v) is 18.6. The van der Waals surface area contributed by atoms with Crippen LogP contribution in [-0.4, -0.2) is 19.4 Å². The molecule has 8 aromatic carbocycles. The Labute approximate surface area is 317 Å². The van der Waals surface area contributed by atoms with E-state index in [2.05, 4.69) is 180 Å². The van der Waals surface area contributed by atoms with Crippen LogP contribution in [0.4, 0.5) is 0 Å². The number of aromatic nitrogens is 4. The zero-order valence-electron chi connectivity index (χ0n) is 29.8. The highest BCUT2D eigenvalue weighted by Gasteiger charge is 2.19. The molecule has 256 valence electrons. The lowest BCUT2D eigenvalue weighted by atomic mass is 9.93. The maximum Gasteiger partial charge on any atom is 0.160 e. The van der Waals surface area contributed by atoms with Gasteiger partial charge in [0.1, 0.15) is 5.65 Å². The summed E-state index contributed by atoms with van der Waals surface area (Å²) in [6, 6.07) is 66.4. The van der Waals surface area contributed by atoms with Crippen molar-refractivity contribution in [2.24, 2.45) is 0 Å². The zero-order chi connectivity index (χ0) is 36.3. The van der Waals surface area contributed by atoms with E-state index in [0.29, 0.717) is 5.82 Å². The van der Waals surface area contributed by atoms with E-state index in [1.54, 1.807) is 0 Å². The third-order valence-corrected chi connectivity index (χ3v) is 10.8. The van der Waals surface area contributed by atoms with Gasteiger partial charge in [0.05, 0.1) is 22.8 Å². The van der Waals surface area contributed by atoms with Crippen molar-refractivity contribution < 1.29 is 0 Å². The van der Waals surface area contributed by atoms with Gasteiger partial charge in [-0.3, -0.25) is 4.40 Å². The maximum absolute atomic E-state index is 5.37. The molecule has 0 aliphatic heterocycles. The maximum atomic E-state index is 5.37. The van der Waals surface area contributed by atoms with Crippen LogP contribution in [0.5, 0.6) is 0 Å². The van der Waals surface area contributed by atoms with Crippen molar-refractivity contribution in [1.82, 2.24) is 19.4 Å². The van der Waals surface area contributed by atoms with Crippen molar-refractivity contribution in [2.45, 2.75) is 0 Å². The molecule has 0 saturated heterocycles. The number of rotatable bonds is 5.